The van der Waals surface area contributed by atoms with Crippen LogP contribution in [0.3, 0.4) is 0 Å². The second-order valence-corrected chi connectivity index (χ2v) is 9.68. The van der Waals surface area contributed by atoms with Gasteiger partial charge in [-0.2, -0.15) is 4.31 Å². The number of hydrogen-bond acceptors (Lipinski definition) is 6. The summed E-state index contributed by atoms with van der Waals surface area (Å²) in [7, 11) is -1.93. The van der Waals surface area contributed by atoms with Gasteiger partial charge in [-0.15, -0.1) is 0 Å². The maximum atomic E-state index is 13.0. The molecule has 4 heterocycles. The van der Waals surface area contributed by atoms with Crippen molar-refractivity contribution in [2.45, 2.75) is 50.0 Å². The number of sulfonamides is 1. The number of likely N-dealkylation sites (N-methyl/N-ethyl adjacent to an activating group) is 1. The van der Waals surface area contributed by atoms with Crippen LogP contribution in [-0.4, -0.2) is 74.9 Å². The zero-order chi connectivity index (χ0) is 21.5. The molecule has 4 rings (SSSR count). The van der Waals surface area contributed by atoms with E-state index < -0.39 is 21.7 Å². The minimum absolute atomic E-state index is 0.0396. The summed E-state index contributed by atoms with van der Waals surface area (Å²) in [5.41, 5.74) is -0.772. The standard InChI is InChI=1S/C19H28N6O4S/c1-4-23(5-2)17(26)15-12-24-11-8-20-18(24)19(29-15)6-9-25(10-7-19)30(27,28)16-13-22(3)14-21-16/h8,11,13-15H,4-7,9-10,12H2,1-3H3/t15-/m0/s1. The first-order chi connectivity index (χ1) is 14.3. The van der Waals surface area contributed by atoms with Crippen LogP contribution in [0.15, 0.2) is 29.9 Å². The fraction of sp³-hybridized carbons (Fsp3) is 0.632. The quantitative estimate of drug-likeness (QED) is 0.679. The Morgan fingerprint density at radius 2 is 1.97 bits per heavy atom. The van der Waals surface area contributed by atoms with Crippen LogP contribution in [0.4, 0.5) is 0 Å². The van der Waals surface area contributed by atoms with Gasteiger partial charge in [0.2, 0.25) is 0 Å². The topological polar surface area (TPSA) is 103 Å². The van der Waals surface area contributed by atoms with Crippen molar-refractivity contribution in [3.05, 3.63) is 30.7 Å². The highest BCUT2D eigenvalue weighted by molar-refractivity contribution is 7.89. The molecule has 0 bridgehead atoms. The molecule has 0 saturated carbocycles. The Morgan fingerprint density at radius 3 is 2.57 bits per heavy atom. The maximum Gasteiger partial charge on any atom is 0.262 e. The Bertz CT molecular complexity index is 1020. The Morgan fingerprint density at radius 1 is 1.27 bits per heavy atom. The van der Waals surface area contributed by atoms with Crippen LogP contribution in [0.2, 0.25) is 0 Å². The molecule has 1 spiro atoms. The molecule has 164 valence electrons. The summed E-state index contributed by atoms with van der Waals surface area (Å²) < 4.78 is 37.3. The highest BCUT2D eigenvalue weighted by Crippen LogP contribution is 2.41. The van der Waals surface area contributed by atoms with E-state index in [9.17, 15) is 13.2 Å². The molecule has 2 aliphatic heterocycles. The maximum absolute atomic E-state index is 13.0. The third-order valence-electron chi connectivity index (χ3n) is 6.02. The highest BCUT2D eigenvalue weighted by atomic mass is 32.2. The number of aryl methyl sites for hydroxylation is 1. The summed E-state index contributed by atoms with van der Waals surface area (Å²) in [6.07, 6.45) is 6.80. The molecule has 10 nitrogen and oxygen atoms in total. The van der Waals surface area contributed by atoms with E-state index in [1.807, 2.05) is 24.6 Å². The number of nitrogens with zero attached hydrogens (tertiary/aromatic N) is 6. The fourth-order valence-corrected chi connectivity index (χ4v) is 5.76. The van der Waals surface area contributed by atoms with Gasteiger partial charge in [0.05, 0.1) is 12.9 Å². The zero-order valence-corrected chi connectivity index (χ0v) is 18.4. The van der Waals surface area contributed by atoms with Gasteiger partial charge in [-0.3, -0.25) is 4.79 Å². The van der Waals surface area contributed by atoms with Crippen molar-refractivity contribution in [3.8, 4) is 0 Å². The number of rotatable bonds is 5. The lowest BCUT2D eigenvalue weighted by Gasteiger charge is -2.45. The van der Waals surface area contributed by atoms with Gasteiger partial charge in [-0.25, -0.2) is 18.4 Å². The number of imidazole rings is 2. The van der Waals surface area contributed by atoms with Crippen molar-refractivity contribution in [1.29, 1.82) is 0 Å². The Balaban J connectivity index is 1.57. The predicted molar refractivity (Wildman–Crippen MR) is 108 cm³/mol. The van der Waals surface area contributed by atoms with Crippen molar-refractivity contribution < 1.29 is 17.9 Å². The first-order valence-electron chi connectivity index (χ1n) is 10.3. The number of fused-ring (bicyclic) bond motifs is 2. The summed E-state index contributed by atoms with van der Waals surface area (Å²) in [5, 5.41) is 0.0431. The van der Waals surface area contributed by atoms with Gasteiger partial charge in [0, 0.05) is 51.8 Å². The number of piperidine rings is 1. The molecule has 0 unspecified atom stereocenters. The molecule has 0 aliphatic carbocycles. The van der Waals surface area contributed by atoms with Crippen molar-refractivity contribution >= 4 is 15.9 Å². The Kier molecular flexibility index (Phi) is 5.45. The first kappa shape index (κ1) is 21.0. The number of ether oxygens (including phenoxy) is 1. The number of hydrogen-bond donors (Lipinski definition) is 0. The molecule has 0 radical (unpaired) electrons. The molecule has 2 aromatic heterocycles. The minimum Gasteiger partial charge on any atom is -0.352 e. The van der Waals surface area contributed by atoms with E-state index in [4.69, 9.17) is 4.74 Å². The number of aromatic nitrogens is 4. The van der Waals surface area contributed by atoms with E-state index >= 15 is 0 Å². The zero-order valence-electron chi connectivity index (χ0n) is 17.6. The van der Waals surface area contributed by atoms with Crippen LogP contribution in [0.1, 0.15) is 32.5 Å². The van der Waals surface area contributed by atoms with Crippen molar-refractivity contribution in [1.82, 2.24) is 28.3 Å². The normalized spacial score (nSPS) is 21.5. The van der Waals surface area contributed by atoms with Gasteiger partial charge < -0.3 is 18.8 Å². The summed E-state index contributed by atoms with van der Waals surface area (Å²) >= 11 is 0. The second-order valence-electron chi connectivity index (χ2n) is 7.80. The molecular weight excluding hydrogens is 408 g/mol. The van der Waals surface area contributed by atoms with Gasteiger partial charge in [-0.05, 0) is 26.7 Å². The van der Waals surface area contributed by atoms with Crippen molar-refractivity contribution in [3.63, 3.8) is 0 Å². The largest absolute Gasteiger partial charge is 0.352 e. The molecule has 1 amide bonds. The molecule has 0 aromatic carbocycles. The van der Waals surface area contributed by atoms with Crippen LogP contribution in [0, 0.1) is 0 Å². The van der Waals surface area contributed by atoms with Crippen molar-refractivity contribution in [2.24, 2.45) is 7.05 Å². The van der Waals surface area contributed by atoms with Gasteiger partial charge in [0.25, 0.3) is 15.9 Å². The molecule has 1 fully saturated rings. The van der Waals surface area contributed by atoms with Gasteiger partial charge >= 0.3 is 0 Å². The van der Waals surface area contributed by atoms with Crippen LogP contribution in [-0.2, 0) is 38.7 Å². The molecule has 0 N–H and O–H groups in total. The molecular formula is C19H28N6O4S. The monoisotopic (exact) mass is 436 g/mol. The molecule has 2 aromatic rings. The molecule has 1 atom stereocenters. The van der Waals surface area contributed by atoms with Crippen LogP contribution < -0.4 is 0 Å². The minimum atomic E-state index is -3.67. The van der Waals surface area contributed by atoms with Crippen LogP contribution in [0.25, 0.3) is 0 Å². The fourth-order valence-electron chi connectivity index (χ4n) is 4.35. The smallest absolute Gasteiger partial charge is 0.262 e. The van der Waals surface area contributed by atoms with Gasteiger partial charge in [0.15, 0.2) is 11.1 Å². The first-order valence-corrected chi connectivity index (χ1v) is 11.7. The molecule has 2 aliphatic rings. The lowest BCUT2D eigenvalue weighted by atomic mass is 9.89. The summed E-state index contributed by atoms with van der Waals surface area (Å²) in [6, 6.07) is 0. The van der Waals surface area contributed by atoms with Crippen molar-refractivity contribution in [2.75, 3.05) is 26.2 Å². The number of amides is 1. The summed E-state index contributed by atoms with van der Waals surface area (Å²) in [4.78, 5) is 23.2. The number of carbonyl (C=O) groups excluding carboxylic acids is 1. The highest BCUT2D eigenvalue weighted by Gasteiger charge is 2.49. The molecule has 11 heteroatoms. The Hall–Kier alpha value is -2.24. The third kappa shape index (κ3) is 3.44. The van der Waals surface area contributed by atoms with E-state index in [1.54, 1.807) is 22.7 Å². The SMILES string of the molecule is CCN(CC)C(=O)[C@@H]1Cn2ccnc2C2(CCN(S(=O)(=O)c3cn(C)cn3)CC2)O1. The summed E-state index contributed by atoms with van der Waals surface area (Å²) in [5.74, 6) is 0.725. The van der Waals surface area contributed by atoms with E-state index in [2.05, 4.69) is 9.97 Å². The second kappa shape index (κ2) is 7.78. The molecule has 30 heavy (non-hydrogen) atoms. The average molecular weight is 437 g/mol. The van der Waals surface area contributed by atoms with E-state index in [1.165, 1.54) is 16.8 Å². The lowest BCUT2D eigenvalue weighted by Crippen LogP contribution is -2.55. The van der Waals surface area contributed by atoms with E-state index in [0.717, 1.165) is 5.82 Å². The molecule has 1 saturated heterocycles. The van der Waals surface area contributed by atoms with Crippen LogP contribution in [0.5, 0.6) is 0 Å². The third-order valence-corrected chi connectivity index (χ3v) is 7.80. The predicted octanol–water partition coefficient (Wildman–Crippen LogP) is 0.564. The van der Waals surface area contributed by atoms with Gasteiger partial charge in [0.1, 0.15) is 11.4 Å². The van der Waals surface area contributed by atoms with E-state index in [0.29, 0.717) is 32.5 Å². The van der Waals surface area contributed by atoms with Gasteiger partial charge in [-0.1, -0.05) is 0 Å². The lowest BCUT2D eigenvalue weighted by molar-refractivity contribution is -0.178. The average Bonchev–Trinajstić information content (AvgIpc) is 3.39. The number of carbonyl (C=O) groups is 1. The summed E-state index contributed by atoms with van der Waals surface area (Å²) in [6.45, 7) is 6.11. The van der Waals surface area contributed by atoms with Crippen LogP contribution >= 0.6 is 0 Å². The van der Waals surface area contributed by atoms with E-state index in [-0.39, 0.29) is 24.0 Å². The Labute approximate surface area is 176 Å².